The molecule has 0 fully saturated rings. The van der Waals surface area contributed by atoms with Gasteiger partial charge in [0.1, 0.15) is 19.8 Å². The molecule has 0 radical (unpaired) electrons. The first-order valence-corrected chi connectivity index (χ1v) is 11.5. The number of unbranched alkanes of at least 4 members (excludes halogenated alkanes) is 1. The van der Waals surface area contributed by atoms with E-state index in [1.807, 2.05) is 11.9 Å². The lowest BCUT2D eigenvalue weighted by molar-refractivity contribution is -0.144. The third-order valence-corrected chi connectivity index (χ3v) is 5.01. The van der Waals surface area contributed by atoms with Gasteiger partial charge in [0.05, 0.1) is 26.1 Å². The number of carbonyl (C=O) groups is 3. The van der Waals surface area contributed by atoms with E-state index in [4.69, 9.17) is 14.2 Å². The quantitative estimate of drug-likeness (QED) is 0.150. The van der Waals surface area contributed by atoms with Gasteiger partial charge in [0.25, 0.3) is 0 Å². The minimum absolute atomic E-state index is 0.141. The predicted octanol–water partition coefficient (Wildman–Crippen LogP) is -0.705. The average Bonchev–Trinajstić information content (AvgIpc) is 2.86. The van der Waals surface area contributed by atoms with Crippen molar-refractivity contribution in [2.24, 2.45) is 0 Å². The maximum atomic E-state index is 12.8. The van der Waals surface area contributed by atoms with Crippen LogP contribution in [0.5, 0.6) is 0 Å². The average molecular weight is 511 g/mol. The van der Waals surface area contributed by atoms with Crippen molar-refractivity contribution in [3.8, 4) is 0 Å². The topological polar surface area (TPSA) is 148 Å². The van der Waals surface area contributed by atoms with Gasteiger partial charge in [-0.15, -0.1) is 0 Å². The molecule has 1 heterocycles. The summed E-state index contributed by atoms with van der Waals surface area (Å²) in [6.07, 6.45) is 4.03. The van der Waals surface area contributed by atoms with Crippen molar-refractivity contribution in [3.63, 3.8) is 0 Å². The van der Waals surface area contributed by atoms with Crippen LogP contribution in [0.2, 0.25) is 0 Å². The number of carbonyl (C=O) groups excluding carboxylic acids is 3. The van der Waals surface area contributed by atoms with Crippen molar-refractivity contribution >= 4 is 17.9 Å². The molecule has 0 N–H and O–H groups in total. The number of nitrogens with zero attached hydrogens (tertiary/aromatic N) is 4. The Morgan fingerprint density at radius 3 is 1.58 bits per heavy atom. The van der Waals surface area contributed by atoms with Gasteiger partial charge in [-0.1, -0.05) is 26.5 Å². The van der Waals surface area contributed by atoms with E-state index in [1.54, 1.807) is 0 Å². The van der Waals surface area contributed by atoms with Crippen LogP contribution in [0.1, 0.15) is 26.2 Å². The Morgan fingerprint density at radius 2 is 1.19 bits per heavy atom. The molecule has 0 saturated heterocycles. The van der Waals surface area contributed by atoms with E-state index >= 15 is 0 Å². The number of aromatic nitrogens is 3. The van der Waals surface area contributed by atoms with Crippen LogP contribution in [-0.4, -0.2) is 76.5 Å². The predicted molar refractivity (Wildman–Crippen MR) is 130 cm³/mol. The smallest absolute Gasteiger partial charge is 0.336 e. The number of hydrogen-bond acceptors (Lipinski definition) is 10. The van der Waals surface area contributed by atoms with Crippen molar-refractivity contribution in [2.75, 3.05) is 40.0 Å². The molecule has 0 aromatic carbocycles. The monoisotopic (exact) mass is 510 g/mol. The highest BCUT2D eigenvalue weighted by Crippen LogP contribution is 1.95. The summed E-state index contributed by atoms with van der Waals surface area (Å²) >= 11 is 0. The summed E-state index contributed by atoms with van der Waals surface area (Å²) in [4.78, 5) is 75.0. The van der Waals surface area contributed by atoms with Crippen LogP contribution in [0, 0.1) is 0 Å². The fourth-order valence-electron chi connectivity index (χ4n) is 2.99. The van der Waals surface area contributed by atoms with E-state index in [1.165, 1.54) is 0 Å². The zero-order chi connectivity index (χ0) is 27.1. The molecule has 36 heavy (non-hydrogen) atoms. The first-order chi connectivity index (χ1) is 17.2. The van der Waals surface area contributed by atoms with Crippen LogP contribution in [0.15, 0.2) is 39.7 Å². The lowest BCUT2D eigenvalue weighted by Crippen LogP contribution is -2.55. The molecule has 0 aliphatic rings. The zero-order valence-corrected chi connectivity index (χ0v) is 20.8. The lowest BCUT2D eigenvalue weighted by atomic mass is 10.3. The minimum atomic E-state index is -0.974. The zero-order valence-electron chi connectivity index (χ0n) is 20.8. The van der Waals surface area contributed by atoms with Gasteiger partial charge in [-0.05, 0) is 20.0 Å². The van der Waals surface area contributed by atoms with Gasteiger partial charge in [-0.2, -0.15) is 0 Å². The first-order valence-electron chi connectivity index (χ1n) is 11.5. The van der Waals surface area contributed by atoms with Crippen LogP contribution in [-0.2, 0) is 48.2 Å². The maximum absolute atomic E-state index is 12.8. The third kappa shape index (κ3) is 9.86. The van der Waals surface area contributed by atoms with E-state index in [0.717, 1.165) is 36.1 Å². The summed E-state index contributed by atoms with van der Waals surface area (Å²) in [6.45, 7) is 8.01. The fourth-order valence-corrected chi connectivity index (χ4v) is 2.99. The molecule has 0 aliphatic carbocycles. The Morgan fingerprint density at radius 1 is 0.778 bits per heavy atom. The molecule has 0 unspecified atom stereocenters. The van der Waals surface area contributed by atoms with Crippen LogP contribution in [0.3, 0.4) is 0 Å². The Hall–Kier alpha value is -3.74. The summed E-state index contributed by atoms with van der Waals surface area (Å²) in [5.41, 5.74) is -2.90. The molecule has 1 aromatic rings. The number of rotatable bonds is 17. The van der Waals surface area contributed by atoms with Crippen LogP contribution < -0.4 is 17.1 Å². The molecule has 1 aromatic heterocycles. The molecule has 1 rings (SSSR count). The SMILES string of the molecule is C=CC(=O)OCCn1c(=O)n(CCOC(=O)C=C)c(=O)n(CCOC(=O)CCN(C)CCCC)c1=O. The summed E-state index contributed by atoms with van der Waals surface area (Å²) in [6, 6.07) is 0. The minimum Gasteiger partial charge on any atom is -0.464 e. The summed E-state index contributed by atoms with van der Waals surface area (Å²) in [7, 11) is 1.90. The van der Waals surface area contributed by atoms with Crippen molar-refractivity contribution in [1.29, 1.82) is 0 Å². The molecule has 200 valence electrons. The summed E-state index contributed by atoms with van der Waals surface area (Å²) in [5, 5.41) is 0. The van der Waals surface area contributed by atoms with Gasteiger partial charge in [0, 0.05) is 18.7 Å². The van der Waals surface area contributed by atoms with Crippen LogP contribution >= 0.6 is 0 Å². The third-order valence-electron chi connectivity index (χ3n) is 5.01. The molecule has 0 amide bonds. The Bertz CT molecular complexity index is 1040. The molecule has 0 spiro atoms. The second kappa shape index (κ2) is 16.0. The van der Waals surface area contributed by atoms with Gasteiger partial charge < -0.3 is 19.1 Å². The van der Waals surface area contributed by atoms with Crippen molar-refractivity contribution in [2.45, 2.75) is 45.8 Å². The number of ether oxygens (including phenoxy) is 3. The number of hydrogen-bond donors (Lipinski definition) is 0. The molecular weight excluding hydrogens is 476 g/mol. The molecular formula is C23H34N4O9. The number of esters is 3. The summed E-state index contributed by atoms with van der Waals surface area (Å²) < 4.78 is 16.9. The fraction of sp³-hybridized carbons (Fsp3) is 0.565. The van der Waals surface area contributed by atoms with Crippen molar-refractivity contribution < 1.29 is 28.6 Å². The van der Waals surface area contributed by atoms with Gasteiger partial charge >= 0.3 is 35.0 Å². The Balaban J connectivity index is 3.01. The second-order valence-corrected chi connectivity index (χ2v) is 7.67. The normalized spacial score (nSPS) is 10.6. The van der Waals surface area contributed by atoms with E-state index in [-0.39, 0.29) is 45.9 Å². The van der Waals surface area contributed by atoms with E-state index in [0.29, 0.717) is 15.7 Å². The molecule has 13 nitrogen and oxygen atoms in total. The highest BCUT2D eigenvalue weighted by atomic mass is 16.5. The first kappa shape index (κ1) is 30.3. The molecule has 0 atom stereocenters. The van der Waals surface area contributed by atoms with Gasteiger partial charge in [0.2, 0.25) is 0 Å². The van der Waals surface area contributed by atoms with E-state index < -0.39 is 35.0 Å². The van der Waals surface area contributed by atoms with Gasteiger partial charge in [0.15, 0.2) is 0 Å². The standard InChI is InChI=1S/C23H34N4O9/c1-5-8-10-24(4)11-9-20(30)36-17-14-27-22(32)25(12-15-34-18(28)6-2)21(31)26(23(27)33)13-16-35-19(29)7-3/h6-7H,2-3,5,8-17H2,1,4H3. The second-order valence-electron chi connectivity index (χ2n) is 7.67. The highest BCUT2D eigenvalue weighted by Gasteiger charge is 2.17. The van der Waals surface area contributed by atoms with E-state index in [9.17, 15) is 28.8 Å². The van der Waals surface area contributed by atoms with Crippen LogP contribution in [0.25, 0.3) is 0 Å². The van der Waals surface area contributed by atoms with Crippen LogP contribution in [0.4, 0.5) is 0 Å². The Kier molecular flexibility index (Phi) is 13.5. The molecule has 0 bridgehead atoms. The molecule has 0 saturated carbocycles. The summed E-state index contributed by atoms with van der Waals surface area (Å²) in [5.74, 6) is -1.99. The Labute approximate surface area is 208 Å². The molecule has 0 aliphatic heterocycles. The van der Waals surface area contributed by atoms with E-state index in [2.05, 4.69) is 20.1 Å². The lowest BCUT2D eigenvalue weighted by Gasteiger charge is -2.16. The van der Waals surface area contributed by atoms with Crippen molar-refractivity contribution in [3.05, 3.63) is 56.8 Å². The van der Waals surface area contributed by atoms with Gasteiger partial charge in [-0.3, -0.25) is 4.79 Å². The maximum Gasteiger partial charge on any atom is 0.336 e. The van der Waals surface area contributed by atoms with Gasteiger partial charge in [-0.25, -0.2) is 37.7 Å². The highest BCUT2D eigenvalue weighted by molar-refractivity contribution is 5.81. The van der Waals surface area contributed by atoms with Crippen molar-refractivity contribution in [1.82, 2.24) is 18.6 Å². The molecule has 13 heteroatoms. The largest absolute Gasteiger partial charge is 0.464 e.